The number of likely N-dealkylation sites (tertiary alicyclic amines) is 1. The maximum atomic E-state index is 12.2. The molecule has 5 heteroatoms. The van der Waals surface area contributed by atoms with Crippen LogP contribution in [0.1, 0.15) is 31.7 Å². The zero-order valence-electron chi connectivity index (χ0n) is 13.1. The highest BCUT2D eigenvalue weighted by atomic mass is 16.2. The summed E-state index contributed by atoms with van der Waals surface area (Å²) in [7, 11) is 0. The smallest absolute Gasteiger partial charge is 0.240 e. The molecule has 3 N–H and O–H groups in total. The van der Waals surface area contributed by atoms with Crippen molar-refractivity contribution in [3.63, 3.8) is 0 Å². The number of hydrogen-bond donors (Lipinski definition) is 2. The van der Waals surface area contributed by atoms with Crippen LogP contribution in [0.5, 0.6) is 0 Å². The van der Waals surface area contributed by atoms with Gasteiger partial charge in [0.05, 0.1) is 0 Å². The van der Waals surface area contributed by atoms with Crippen LogP contribution in [0.25, 0.3) is 0 Å². The van der Waals surface area contributed by atoms with E-state index < -0.39 is 11.9 Å². The van der Waals surface area contributed by atoms with E-state index in [9.17, 15) is 9.59 Å². The fourth-order valence-corrected chi connectivity index (χ4v) is 2.91. The molecule has 5 nitrogen and oxygen atoms in total. The molecule has 1 fully saturated rings. The molecule has 1 unspecified atom stereocenters. The summed E-state index contributed by atoms with van der Waals surface area (Å²) < 4.78 is 0. The fraction of sp³-hybridized carbons (Fsp3) is 0.529. The number of nitrogens with zero attached hydrogens (tertiary/aromatic N) is 1. The van der Waals surface area contributed by atoms with Gasteiger partial charge in [0.1, 0.15) is 6.04 Å². The predicted molar refractivity (Wildman–Crippen MR) is 86.2 cm³/mol. The van der Waals surface area contributed by atoms with Crippen molar-refractivity contribution in [3.05, 3.63) is 35.9 Å². The highest BCUT2D eigenvalue weighted by Crippen LogP contribution is 2.13. The molecular formula is C17H25N3O2. The van der Waals surface area contributed by atoms with Gasteiger partial charge in [-0.05, 0) is 38.4 Å². The van der Waals surface area contributed by atoms with Gasteiger partial charge >= 0.3 is 0 Å². The van der Waals surface area contributed by atoms with E-state index in [2.05, 4.69) is 17.1 Å². The number of benzene rings is 1. The van der Waals surface area contributed by atoms with Crippen LogP contribution in [0.2, 0.25) is 0 Å². The van der Waals surface area contributed by atoms with Crippen molar-refractivity contribution in [2.75, 3.05) is 13.1 Å². The molecule has 1 aromatic rings. The first-order valence-electron chi connectivity index (χ1n) is 7.93. The molecule has 120 valence electrons. The Morgan fingerprint density at radius 2 is 1.86 bits per heavy atom. The minimum Gasteiger partial charge on any atom is -0.368 e. The summed E-state index contributed by atoms with van der Waals surface area (Å²) in [4.78, 5) is 26.1. The largest absolute Gasteiger partial charge is 0.368 e. The van der Waals surface area contributed by atoms with E-state index in [4.69, 9.17) is 5.73 Å². The monoisotopic (exact) mass is 303 g/mol. The van der Waals surface area contributed by atoms with Crippen molar-refractivity contribution in [3.8, 4) is 0 Å². The Kier molecular flexibility index (Phi) is 5.95. The number of nitrogens with one attached hydrogen (secondary N) is 1. The highest BCUT2D eigenvalue weighted by Gasteiger charge is 2.23. The molecule has 1 aliphatic rings. The maximum absolute atomic E-state index is 12.2. The lowest BCUT2D eigenvalue weighted by Gasteiger charge is -2.24. The second kappa shape index (κ2) is 7.94. The summed E-state index contributed by atoms with van der Waals surface area (Å²) >= 11 is 0. The van der Waals surface area contributed by atoms with Crippen molar-refractivity contribution >= 4 is 11.8 Å². The lowest BCUT2D eigenvalue weighted by atomic mass is 10.0. The minimum atomic E-state index is -0.652. The van der Waals surface area contributed by atoms with Crippen LogP contribution in [0.15, 0.2) is 30.3 Å². The Morgan fingerprint density at radius 3 is 2.45 bits per heavy atom. The third-order valence-corrected chi connectivity index (χ3v) is 4.21. The number of primary amides is 1. The van der Waals surface area contributed by atoms with E-state index in [1.807, 2.05) is 30.3 Å². The van der Waals surface area contributed by atoms with Gasteiger partial charge in [0.25, 0.3) is 0 Å². The minimum absolute atomic E-state index is 0.112. The normalized spacial score (nSPS) is 17.9. The van der Waals surface area contributed by atoms with E-state index >= 15 is 0 Å². The Hall–Kier alpha value is -1.88. The van der Waals surface area contributed by atoms with Crippen LogP contribution in [0.4, 0.5) is 0 Å². The average molecular weight is 303 g/mol. The lowest BCUT2D eigenvalue weighted by molar-refractivity contribution is -0.128. The first kappa shape index (κ1) is 16.5. The molecule has 0 spiro atoms. The van der Waals surface area contributed by atoms with Gasteiger partial charge in [-0.2, -0.15) is 0 Å². The third-order valence-electron chi connectivity index (χ3n) is 4.21. The van der Waals surface area contributed by atoms with Crippen LogP contribution in [0, 0.1) is 0 Å². The lowest BCUT2D eigenvalue weighted by Crippen LogP contribution is -2.47. The number of amides is 2. The molecule has 2 amide bonds. The van der Waals surface area contributed by atoms with Gasteiger partial charge in [0.2, 0.25) is 11.8 Å². The molecule has 2 atom stereocenters. The number of carbonyl (C=O) groups is 2. The Bertz CT molecular complexity index is 498. The van der Waals surface area contributed by atoms with Crippen LogP contribution in [0.3, 0.4) is 0 Å². The first-order valence-corrected chi connectivity index (χ1v) is 7.93. The number of rotatable bonds is 7. The van der Waals surface area contributed by atoms with Gasteiger partial charge < -0.3 is 16.0 Å². The third kappa shape index (κ3) is 4.84. The first-order chi connectivity index (χ1) is 10.6. The molecular weight excluding hydrogens is 278 g/mol. The molecule has 0 bridgehead atoms. The standard InChI is InChI=1S/C17H25N3O2/c1-13(20-9-5-6-10-20)11-16(21)19-15(17(18)22)12-14-7-3-2-4-8-14/h2-4,7-8,13,15H,5-6,9-12H2,1H3,(H2,18,22)(H,19,21)/t13-,15?/m0/s1. The zero-order chi connectivity index (χ0) is 15.9. The Balaban J connectivity index is 1.87. The quantitative estimate of drug-likeness (QED) is 0.791. The van der Waals surface area contributed by atoms with E-state index in [1.54, 1.807) is 0 Å². The van der Waals surface area contributed by atoms with Crippen LogP contribution >= 0.6 is 0 Å². The SMILES string of the molecule is C[C@@H](CC(=O)NC(Cc1ccccc1)C(N)=O)N1CCCC1. The summed E-state index contributed by atoms with van der Waals surface area (Å²) in [6.07, 6.45) is 3.23. The number of carbonyl (C=O) groups excluding carboxylic acids is 2. The maximum Gasteiger partial charge on any atom is 0.240 e. The molecule has 1 aliphatic heterocycles. The fourth-order valence-electron chi connectivity index (χ4n) is 2.91. The van der Waals surface area contributed by atoms with Gasteiger partial charge in [-0.15, -0.1) is 0 Å². The summed E-state index contributed by atoms with van der Waals surface area (Å²) in [5, 5.41) is 2.78. The molecule has 0 aliphatic carbocycles. The molecule has 2 rings (SSSR count). The highest BCUT2D eigenvalue weighted by molar-refractivity contribution is 5.87. The Morgan fingerprint density at radius 1 is 1.23 bits per heavy atom. The Labute approximate surface area is 131 Å². The van der Waals surface area contributed by atoms with Gasteiger partial charge in [-0.3, -0.25) is 9.59 Å². The van der Waals surface area contributed by atoms with Crippen LogP contribution in [-0.4, -0.2) is 41.9 Å². The molecule has 0 saturated carbocycles. The predicted octanol–water partition coefficient (Wildman–Crippen LogP) is 1.07. The second-order valence-electron chi connectivity index (χ2n) is 6.01. The molecule has 1 aromatic carbocycles. The van der Waals surface area contributed by atoms with Crippen molar-refractivity contribution in [2.24, 2.45) is 5.73 Å². The van der Waals surface area contributed by atoms with Crippen molar-refractivity contribution in [1.29, 1.82) is 0 Å². The van der Waals surface area contributed by atoms with E-state index in [0.717, 1.165) is 18.7 Å². The molecule has 1 heterocycles. The van der Waals surface area contributed by atoms with Gasteiger partial charge in [0.15, 0.2) is 0 Å². The number of hydrogen-bond acceptors (Lipinski definition) is 3. The van der Waals surface area contributed by atoms with Crippen LogP contribution in [-0.2, 0) is 16.0 Å². The average Bonchev–Trinajstić information content (AvgIpc) is 3.01. The van der Waals surface area contributed by atoms with Gasteiger partial charge in [0, 0.05) is 18.9 Å². The summed E-state index contributed by atoms with van der Waals surface area (Å²) in [6.45, 7) is 4.16. The number of nitrogens with two attached hydrogens (primary N) is 1. The van der Waals surface area contributed by atoms with Crippen LogP contribution < -0.4 is 11.1 Å². The van der Waals surface area contributed by atoms with E-state index in [-0.39, 0.29) is 11.9 Å². The van der Waals surface area contributed by atoms with Crippen molar-refractivity contribution in [1.82, 2.24) is 10.2 Å². The zero-order valence-corrected chi connectivity index (χ0v) is 13.1. The molecule has 0 aromatic heterocycles. The van der Waals surface area contributed by atoms with Gasteiger partial charge in [-0.1, -0.05) is 30.3 Å². The summed E-state index contributed by atoms with van der Waals surface area (Å²) in [6, 6.07) is 9.13. The van der Waals surface area contributed by atoms with E-state index in [1.165, 1.54) is 12.8 Å². The van der Waals surface area contributed by atoms with E-state index in [0.29, 0.717) is 12.8 Å². The second-order valence-corrected chi connectivity index (χ2v) is 6.01. The summed E-state index contributed by atoms with van der Waals surface area (Å²) in [5.74, 6) is -0.606. The molecule has 22 heavy (non-hydrogen) atoms. The van der Waals surface area contributed by atoms with Gasteiger partial charge in [-0.25, -0.2) is 0 Å². The topological polar surface area (TPSA) is 75.4 Å². The molecule has 1 saturated heterocycles. The van der Waals surface area contributed by atoms with Crippen molar-refractivity contribution < 1.29 is 9.59 Å². The summed E-state index contributed by atoms with van der Waals surface area (Å²) in [5.41, 5.74) is 6.41. The molecule has 0 radical (unpaired) electrons. The van der Waals surface area contributed by atoms with Crippen molar-refractivity contribution in [2.45, 2.75) is 44.7 Å².